The number of nitrogens with zero attached hydrogens (tertiary/aromatic N) is 1. The maximum absolute atomic E-state index is 12.6. The van der Waals surface area contributed by atoms with E-state index in [0.29, 0.717) is 11.3 Å². The molecule has 0 radical (unpaired) electrons. The van der Waals surface area contributed by atoms with Crippen LogP contribution in [0.1, 0.15) is 36.6 Å². The number of amides is 2. The smallest absolute Gasteiger partial charge is 0.266 e. The number of carbonyl (C=O) groups is 4. The lowest BCUT2D eigenvalue weighted by molar-refractivity contribution is -0.107. The number of anilines is 1. The molecule has 0 saturated carbocycles. The first-order chi connectivity index (χ1) is 11.9. The van der Waals surface area contributed by atoms with Crippen LogP contribution < -0.4 is 4.90 Å². The lowest BCUT2D eigenvalue weighted by Gasteiger charge is -2.13. The van der Waals surface area contributed by atoms with Crippen molar-refractivity contribution in [1.82, 2.24) is 0 Å². The zero-order valence-corrected chi connectivity index (χ0v) is 14.0. The second-order valence-electron chi connectivity index (χ2n) is 5.21. The average Bonchev–Trinajstić information content (AvgIpc) is 2.84. The van der Waals surface area contributed by atoms with E-state index in [2.05, 4.69) is 0 Å². The van der Waals surface area contributed by atoms with Gasteiger partial charge in [0.2, 0.25) is 5.24 Å². The summed E-state index contributed by atoms with van der Waals surface area (Å²) in [6.45, 7) is 0. The number of hydrogen-bond donors (Lipinski definition) is 0. The molecule has 0 unspecified atom stereocenters. The van der Waals surface area contributed by atoms with Gasteiger partial charge in [-0.2, -0.15) is 0 Å². The Morgan fingerprint density at radius 2 is 1.52 bits per heavy atom. The quantitative estimate of drug-likeness (QED) is 0.465. The molecule has 1 heterocycles. The number of imide groups is 1. The summed E-state index contributed by atoms with van der Waals surface area (Å²) >= 11 is 10.7. The van der Waals surface area contributed by atoms with Crippen molar-refractivity contribution < 1.29 is 19.2 Å². The maximum atomic E-state index is 12.6. The molecule has 0 atom stereocenters. The normalized spacial score (nSPS) is 13.4. The Labute approximate surface area is 152 Å². The van der Waals surface area contributed by atoms with Crippen LogP contribution in [0.3, 0.4) is 0 Å². The van der Waals surface area contributed by atoms with Crippen LogP contribution in [0, 0.1) is 0 Å². The standard InChI is InChI=1S/C18H9Cl2NO4/c19-15(22)8-3-10-1-5-12(6-2-10)21-17(24)13-7-4-11(16(20)23)9-14(13)18(21)25/h1-9H/b8-3+. The van der Waals surface area contributed by atoms with Gasteiger partial charge in [0.25, 0.3) is 17.1 Å². The molecule has 1 aliphatic heterocycles. The van der Waals surface area contributed by atoms with Gasteiger partial charge < -0.3 is 0 Å². The van der Waals surface area contributed by atoms with Gasteiger partial charge in [-0.05, 0) is 65.2 Å². The summed E-state index contributed by atoms with van der Waals surface area (Å²) in [7, 11) is 0. The molecule has 124 valence electrons. The van der Waals surface area contributed by atoms with Crippen LogP contribution in [0.15, 0.2) is 48.5 Å². The van der Waals surface area contributed by atoms with Gasteiger partial charge in [-0.15, -0.1) is 0 Å². The Kier molecular flexibility index (Phi) is 4.53. The fraction of sp³-hybridized carbons (Fsp3) is 0. The van der Waals surface area contributed by atoms with Gasteiger partial charge in [-0.1, -0.05) is 18.2 Å². The van der Waals surface area contributed by atoms with Gasteiger partial charge in [0, 0.05) is 5.56 Å². The summed E-state index contributed by atoms with van der Waals surface area (Å²) in [5, 5.41) is -1.31. The SMILES string of the molecule is O=C(Cl)/C=C/c1ccc(N2C(=O)c3ccc(C(=O)Cl)cc3C2=O)cc1. The summed E-state index contributed by atoms with van der Waals surface area (Å²) < 4.78 is 0. The Bertz CT molecular complexity index is 948. The number of allylic oxidation sites excluding steroid dienone is 1. The van der Waals surface area contributed by atoms with Crippen LogP contribution in [0.4, 0.5) is 5.69 Å². The first-order valence-corrected chi connectivity index (χ1v) is 7.84. The van der Waals surface area contributed by atoms with Gasteiger partial charge in [-0.25, -0.2) is 4.90 Å². The van der Waals surface area contributed by atoms with Crippen molar-refractivity contribution in [2.75, 3.05) is 4.90 Å². The zero-order chi connectivity index (χ0) is 18.1. The van der Waals surface area contributed by atoms with Crippen molar-refractivity contribution in [3.05, 3.63) is 70.8 Å². The highest BCUT2D eigenvalue weighted by molar-refractivity contribution is 6.68. The molecule has 0 aromatic heterocycles. The molecule has 0 spiro atoms. The summed E-state index contributed by atoms with van der Waals surface area (Å²) in [5.41, 5.74) is 1.55. The molecule has 0 bridgehead atoms. The van der Waals surface area contributed by atoms with Crippen LogP contribution in [0.5, 0.6) is 0 Å². The van der Waals surface area contributed by atoms with Crippen LogP contribution in [-0.2, 0) is 4.79 Å². The molecule has 7 heteroatoms. The molecular weight excluding hydrogens is 365 g/mol. The molecular formula is C18H9Cl2NO4. The highest BCUT2D eigenvalue weighted by Gasteiger charge is 2.37. The Morgan fingerprint density at radius 3 is 2.12 bits per heavy atom. The zero-order valence-electron chi connectivity index (χ0n) is 12.5. The number of benzene rings is 2. The van der Waals surface area contributed by atoms with E-state index in [9.17, 15) is 19.2 Å². The van der Waals surface area contributed by atoms with E-state index < -0.39 is 22.3 Å². The van der Waals surface area contributed by atoms with E-state index in [-0.39, 0.29) is 16.7 Å². The van der Waals surface area contributed by atoms with Crippen molar-refractivity contribution >= 4 is 57.3 Å². The van der Waals surface area contributed by atoms with E-state index in [0.717, 1.165) is 4.90 Å². The Morgan fingerprint density at radius 1 is 0.880 bits per heavy atom. The molecule has 3 rings (SSSR count). The molecule has 0 fully saturated rings. The minimum absolute atomic E-state index is 0.133. The largest absolute Gasteiger partial charge is 0.276 e. The fourth-order valence-electron chi connectivity index (χ4n) is 2.49. The number of carbonyl (C=O) groups excluding carboxylic acids is 4. The van der Waals surface area contributed by atoms with Crippen molar-refractivity contribution in [3.63, 3.8) is 0 Å². The third-order valence-corrected chi connectivity index (χ3v) is 4.02. The van der Waals surface area contributed by atoms with Gasteiger partial charge in [0.05, 0.1) is 16.8 Å². The number of hydrogen-bond acceptors (Lipinski definition) is 4. The van der Waals surface area contributed by atoms with Gasteiger partial charge in [-0.3, -0.25) is 19.2 Å². The molecule has 2 aromatic rings. The molecule has 0 saturated heterocycles. The molecule has 1 aliphatic rings. The number of rotatable bonds is 4. The second kappa shape index (κ2) is 6.63. The summed E-state index contributed by atoms with van der Waals surface area (Å²) in [5.74, 6) is -1.01. The predicted octanol–water partition coefficient (Wildman–Crippen LogP) is 3.64. The third-order valence-electron chi connectivity index (χ3n) is 3.67. The first-order valence-electron chi connectivity index (χ1n) is 7.09. The molecule has 2 aromatic carbocycles. The predicted molar refractivity (Wildman–Crippen MR) is 94.1 cm³/mol. The molecule has 2 amide bonds. The lowest BCUT2D eigenvalue weighted by Crippen LogP contribution is -2.29. The average molecular weight is 374 g/mol. The molecule has 5 nitrogen and oxygen atoms in total. The van der Waals surface area contributed by atoms with E-state index in [4.69, 9.17) is 23.2 Å². The van der Waals surface area contributed by atoms with Crippen molar-refractivity contribution in [2.24, 2.45) is 0 Å². The van der Waals surface area contributed by atoms with Crippen LogP contribution in [0.25, 0.3) is 6.08 Å². The molecule has 0 N–H and O–H groups in total. The summed E-state index contributed by atoms with van der Waals surface area (Å²) in [4.78, 5) is 48.1. The highest BCUT2D eigenvalue weighted by Crippen LogP contribution is 2.29. The molecule has 0 aliphatic carbocycles. The highest BCUT2D eigenvalue weighted by atomic mass is 35.5. The third kappa shape index (κ3) is 3.24. The lowest BCUT2D eigenvalue weighted by atomic mass is 10.1. The van der Waals surface area contributed by atoms with E-state index >= 15 is 0 Å². The fourth-order valence-corrected chi connectivity index (χ4v) is 2.67. The van der Waals surface area contributed by atoms with Gasteiger partial charge in [0.1, 0.15) is 0 Å². The maximum Gasteiger partial charge on any atom is 0.266 e. The molecule has 25 heavy (non-hydrogen) atoms. The monoisotopic (exact) mass is 373 g/mol. The minimum atomic E-state index is -0.702. The van der Waals surface area contributed by atoms with Crippen LogP contribution in [-0.4, -0.2) is 22.3 Å². The topological polar surface area (TPSA) is 71.5 Å². The van der Waals surface area contributed by atoms with E-state index in [1.54, 1.807) is 24.3 Å². The van der Waals surface area contributed by atoms with Crippen molar-refractivity contribution in [2.45, 2.75) is 0 Å². The van der Waals surface area contributed by atoms with Crippen molar-refractivity contribution in [1.29, 1.82) is 0 Å². The summed E-state index contributed by atoms with van der Waals surface area (Å²) in [6, 6.07) is 10.6. The first kappa shape index (κ1) is 17.1. The van der Waals surface area contributed by atoms with E-state index in [1.807, 2.05) is 0 Å². The van der Waals surface area contributed by atoms with Crippen LogP contribution in [0.2, 0.25) is 0 Å². The Hall–Kier alpha value is -2.76. The Balaban J connectivity index is 1.94. The number of fused-ring (bicyclic) bond motifs is 1. The minimum Gasteiger partial charge on any atom is -0.276 e. The van der Waals surface area contributed by atoms with Crippen LogP contribution >= 0.6 is 23.2 Å². The summed E-state index contributed by atoms with van der Waals surface area (Å²) in [6.07, 6.45) is 2.71. The van der Waals surface area contributed by atoms with Gasteiger partial charge >= 0.3 is 0 Å². The van der Waals surface area contributed by atoms with Gasteiger partial charge in [0.15, 0.2) is 0 Å². The van der Waals surface area contributed by atoms with E-state index in [1.165, 1.54) is 30.4 Å². The van der Waals surface area contributed by atoms with Crippen molar-refractivity contribution in [3.8, 4) is 0 Å². The second-order valence-corrected chi connectivity index (χ2v) is 5.92. The number of halogens is 2.